The molecule has 2 amide bonds. The highest BCUT2D eigenvalue weighted by Gasteiger charge is 2.25. The van der Waals surface area contributed by atoms with Gasteiger partial charge in [0.15, 0.2) is 0 Å². The predicted molar refractivity (Wildman–Crippen MR) is 113 cm³/mol. The molecule has 33 heavy (non-hydrogen) atoms. The Morgan fingerprint density at radius 1 is 1.39 bits per heavy atom. The molecule has 170 valence electrons. The molecule has 11 nitrogen and oxygen atoms in total. The maximum Gasteiger partial charge on any atom is 0.306 e. The number of fused-ring (bicyclic) bond motifs is 1. The third kappa shape index (κ3) is 4.41. The van der Waals surface area contributed by atoms with E-state index in [1.807, 2.05) is 0 Å². The Hall–Kier alpha value is -4.20. The van der Waals surface area contributed by atoms with Crippen LogP contribution in [0.25, 0.3) is 21.5 Å². The van der Waals surface area contributed by atoms with Crippen LogP contribution < -0.4 is 11.1 Å². The molecule has 3 N–H and O–H groups in total. The molecule has 4 aromatic rings. The minimum Gasteiger partial charge on any atom is -0.464 e. The summed E-state index contributed by atoms with van der Waals surface area (Å²) in [6.45, 7) is 0.0203. The number of aromatic nitrogens is 3. The van der Waals surface area contributed by atoms with E-state index < -0.39 is 28.9 Å². The molecule has 4 rings (SSSR count). The quantitative estimate of drug-likeness (QED) is 0.289. The Morgan fingerprint density at radius 3 is 2.79 bits per heavy atom. The molecule has 0 spiro atoms. The fourth-order valence-corrected chi connectivity index (χ4v) is 4.15. The van der Waals surface area contributed by atoms with Gasteiger partial charge in [0.2, 0.25) is 5.91 Å². The molecule has 0 saturated heterocycles. The lowest BCUT2D eigenvalue weighted by atomic mass is 10.1. The molecule has 14 heteroatoms. The van der Waals surface area contributed by atoms with Crippen molar-refractivity contribution in [2.75, 3.05) is 5.32 Å². The number of anilines is 1. The van der Waals surface area contributed by atoms with Crippen LogP contribution >= 0.6 is 11.3 Å². The van der Waals surface area contributed by atoms with Crippen LogP contribution in [0.5, 0.6) is 0 Å². The number of alkyl halides is 2. The number of carbonyl (C=O) groups excluding carboxylic acids is 2. The number of nitrogens with two attached hydrogens (primary N) is 1. The van der Waals surface area contributed by atoms with Gasteiger partial charge in [0.1, 0.15) is 33.6 Å². The lowest BCUT2D eigenvalue weighted by Gasteiger charge is -2.09. The van der Waals surface area contributed by atoms with E-state index in [0.717, 1.165) is 23.6 Å². The second-order valence-corrected chi connectivity index (χ2v) is 7.74. The number of hydrogen-bond donors (Lipinski definition) is 2. The van der Waals surface area contributed by atoms with E-state index in [2.05, 4.69) is 15.4 Å². The van der Waals surface area contributed by atoms with Crippen LogP contribution in [0, 0.1) is 10.1 Å². The summed E-state index contributed by atoms with van der Waals surface area (Å²) in [5, 5.41) is 17.4. The van der Waals surface area contributed by atoms with Gasteiger partial charge in [0, 0.05) is 23.9 Å². The molecule has 0 fully saturated rings. The molecule has 0 bridgehead atoms. The Labute approximate surface area is 187 Å². The van der Waals surface area contributed by atoms with E-state index in [-0.39, 0.29) is 50.8 Å². The molecule has 0 radical (unpaired) electrons. The minimum atomic E-state index is -2.88. The SMILES string of the molecule is NC(=O)c1sc2nc(C(F)F)cc(-c3ccco3)c2c1NC(=O)CCn1cc([N+](=O)[O-])cn1. The largest absolute Gasteiger partial charge is 0.464 e. The van der Waals surface area contributed by atoms with Gasteiger partial charge >= 0.3 is 5.69 Å². The van der Waals surface area contributed by atoms with Gasteiger partial charge in [-0.2, -0.15) is 5.10 Å². The summed E-state index contributed by atoms with van der Waals surface area (Å²) in [4.78, 5) is 38.7. The van der Waals surface area contributed by atoms with Crippen molar-refractivity contribution in [1.82, 2.24) is 14.8 Å². The first-order valence-corrected chi connectivity index (χ1v) is 10.1. The summed E-state index contributed by atoms with van der Waals surface area (Å²) in [7, 11) is 0. The first kappa shape index (κ1) is 22.0. The number of pyridine rings is 1. The molecular formula is C19H14F2N6O5S. The monoisotopic (exact) mass is 476 g/mol. The number of furan rings is 1. The zero-order valence-electron chi connectivity index (χ0n) is 16.5. The number of nitro groups is 1. The van der Waals surface area contributed by atoms with E-state index >= 15 is 0 Å². The Balaban J connectivity index is 1.71. The molecule has 0 unspecified atom stereocenters. The molecule has 0 atom stereocenters. The highest BCUT2D eigenvalue weighted by Crippen LogP contribution is 2.42. The number of aryl methyl sites for hydroxylation is 1. The zero-order chi connectivity index (χ0) is 23.7. The van der Waals surface area contributed by atoms with Crippen LogP contribution in [0.4, 0.5) is 20.2 Å². The highest BCUT2D eigenvalue weighted by molar-refractivity contribution is 7.21. The molecule has 4 aromatic heterocycles. The average Bonchev–Trinajstić information content (AvgIpc) is 3.51. The van der Waals surface area contributed by atoms with E-state index in [1.54, 1.807) is 12.1 Å². The van der Waals surface area contributed by atoms with Crippen molar-refractivity contribution in [3.63, 3.8) is 0 Å². The number of primary amides is 1. The summed E-state index contributed by atoms with van der Waals surface area (Å²) < 4.78 is 33.4. The van der Waals surface area contributed by atoms with Crippen LogP contribution in [-0.2, 0) is 11.3 Å². The smallest absolute Gasteiger partial charge is 0.306 e. The first-order chi connectivity index (χ1) is 15.7. The minimum absolute atomic E-state index is 0.0203. The van der Waals surface area contributed by atoms with Crippen LogP contribution in [0.3, 0.4) is 0 Å². The fraction of sp³-hybridized carbons (Fsp3) is 0.158. The lowest BCUT2D eigenvalue weighted by molar-refractivity contribution is -0.385. The van der Waals surface area contributed by atoms with Crippen molar-refractivity contribution in [2.45, 2.75) is 19.4 Å². The Kier molecular flexibility index (Phi) is 5.83. The second-order valence-electron chi connectivity index (χ2n) is 6.74. The summed E-state index contributed by atoms with van der Waals surface area (Å²) in [6.07, 6.45) is 0.558. The summed E-state index contributed by atoms with van der Waals surface area (Å²) >= 11 is 0.770. The van der Waals surface area contributed by atoms with Crippen LogP contribution in [0.15, 0.2) is 41.3 Å². The molecule has 0 aromatic carbocycles. The second kappa shape index (κ2) is 8.74. The van der Waals surface area contributed by atoms with Crippen LogP contribution in [0.2, 0.25) is 0 Å². The number of carbonyl (C=O) groups is 2. The molecule has 0 aliphatic rings. The Bertz CT molecular complexity index is 1360. The van der Waals surface area contributed by atoms with Crippen molar-refractivity contribution in [2.24, 2.45) is 5.73 Å². The van der Waals surface area contributed by atoms with E-state index in [0.29, 0.717) is 0 Å². The molecule has 0 aliphatic carbocycles. The van der Waals surface area contributed by atoms with Gasteiger partial charge in [-0.25, -0.2) is 13.8 Å². The van der Waals surface area contributed by atoms with Crippen molar-refractivity contribution in [3.8, 4) is 11.3 Å². The van der Waals surface area contributed by atoms with Gasteiger partial charge in [0.05, 0.1) is 16.9 Å². The van der Waals surface area contributed by atoms with Gasteiger partial charge in [-0.1, -0.05) is 0 Å². The maximum absolute atomic E-state index is 13.4. The van der Waals surface area contributed by atoms with Crippen molar-refractivity contribution in [1.29, 1.82) is 0 Å². The summed E-state index contributed by atoms with van der Waals surface area (Å²) in [6, 6.07) is 4.23. The third-order valence-electron chi connectivity index (χ3n) is 4.58. The molecular weight excluding hydrogens is 462 g/mol. The normalized spacial score (nSPS) is 11.2. The van der Waals surface area contributed by atoms with E-state index in [9.17, 15) is 28.5 Å². The number of hydrogen-bond acceptors (Lipinski definition) is 8. The van der Waals surface area contributed by atoms with Gasteiger partial charge in [-0.3, -0.25) is 24.4 Å². The first-order valence-electron chi connectivity index (χ1n) is 9.30. The average molecular weight is 476 g/mol. The molecule has 0 saturated carbocycles. The number of nitrogens with zero attached hydrogens (tertiary/aromatic N) is 4. The summed E-state index contributed by atoms with van der Waals surface area (Å²) in [5.41, 5.74) is 4.95. The van der Waals surface area contributed by atoms with Crippen molar-refractivity contribution in [3.05, 3.63) is 57.5 Å². The summed E-state index contributed by atoms with van der Waals surface area (Å²) in [5.74, 6) is -1.20. The standard InChI is InChI=1S/C19H14F2N6O5S/c20-17(21)11-6-10(12-2-1-5-32-12)14-15(16(18(22)29)33-19(14)24-11)25-13(28)3-4-26-8-9(7-23-26)27(30)31/h1-2,5-8,17H,3-4H2,(H2,22,29)(H,25,28). The van der Waals surface area contributed by atoms with Crippen molar-refractivity contribution >= 4 is 44.7 Å². The van der Waals surface area contributed by atoms with E-state index in [1.165, 1.54) is 17.1 Å². The van der Waals surface area contributed by atoms with Gasteiger partial charge < -0.3 is 15.5 Å². The fourth-order valence-electron chi connectivity index (χ4n) is 3.14. The lowest BCUT2D eigenvalue weighted by Crippen LogP contribution is -2.18. The highest BCUT2D eigenvalue weighted by atomic mass is 32.1. The van der Waals surface area contributed by atoms with Gasteiger partial charge in [-0.15, -0.1) is 11.3 Å². The van der Waals surface area contributed by atoms with E-state index in [4.69, 9.17) is 10.2 Å². The Morgan fingerprint density at radius 2 is 2.18 bits per heavy atom. The predicted octanol–water partition coefficient (Wildman–Crippen LogP) is 3.73. The zero-order valence-corrected chi connectivity index (χ0v) is 17.3. The van der Waals surface area contributed by atoms with Crippen LogP contribution in [-0.4, -0.2) is 31.5 Å². The number of nitrogens with one attached hydrogen (secondary N) is 1. The third-order valence-corrected chi connectivity index (χ3v) is 5.68. The van der Waals surface area contributed by atoms with Crippen LogP contribution in [0.1, 0.15) is 28.2 Å². The van der Waals surface area contributed by atoms with Crippen molar-refractivity contribution < 1.29 is 27.7 Å². The number of halogens is 2. The molecule has 4 heterocycles. The number of amides is 2. The van der Waals surface area contributed by atoms with Gasteiger partial charge in [0.25, 0.3) is 12.3 Å². The van der Waals surface area contributed by atoms with Gasteiger partial charge in [-0.05, 0) is 18.2 Å². The number of rotatable bonds is 8. The number of thiophene rings is 1. The maximum atomic E-state index is 13.4. The topological polar surface area (TPSA) is 159 Å². The molecule has 0 aliphatic heterocycles.